The molecule has 2 aromatic carbocycles. The number of benzene rings is 2. The molecule has 2 aliphatic rings. The highest BCUT2D eigenvalue weighted by molar-refractivity contribution is 8.00. The number of halogens is 3. The minimum atomic E-state index is -1.39. The summed E-state index contributed by atoms with van der Waals surface area (Å²) in [5.74, 6) is -0.667. The molecule has 1 aromatic heterocycles. The van der Waals surface area contributed by atoms with E-state index in [0.717, 1.165) is 4.88 Å². The van der Waals surface area contributed by atoms with Crippen LogP contribution in [-0.2, 0) is 20.8 Å². The molecule has 3 heterocycles. The van der Waals surface area contributed by atoms with Crippen LogP contribution in [0.3, 0.4) is 0 Å². The Morgan fingerprint density at radius 2 is 1.82 bits per heavy atom. The second kappa shape index (κ2) is 11.5. The third kappa shape index (κ3) is 5.95. The molecule has 0 radical (unpaired) electrons. The molecule has 2 saturated heterocycles. The molecule has 0 aliphatic carbocycles. The molecule has 2 fully saturated rings. The van der Waals surface area contributed by atoms with Crippen LogP contribution < -0.4 is 14.8 Å². The van der Waals surface area contributed by atoms with E-state index in [2.05, 4.69) is 5.32 Å². The van der Waals surface area contributed by atoms with Crippen molar-refractivity contribution in [1.82, 2.24) is 10.2 Å². The van der Waals surface area contributed by atoms with E-state index in [0.29, 0.717) is 15.8 Å². The smallest absolute Gasteiger partial charge is 0.315 e. The highest BCUT2D eigenvalue weighted by Gasteiger charge is 2.57. The van der Waals surface area contributed by atoms with Crippen molar-refractivity contribution >= 4 is 75.7 Å². The van der Waals surface area contributed by atoms with Crippen LogP contribution in [0, 0.1) is 5.41 Å². The number of carboxylic acid groups (broad SMARTS) is 1. The number of aliphatic carboxylic acids is 1. The van der Waals surface area contributed by atoms with Gasteiger partial charge in [-0.3, -0.25) is 14.4 Å². The maximum atomic E-state index is 12.9. The van der Waals surface area contributed by atoms with Gasteiger partial charge in [-0.05, 0) is 41.8 Å². The molecule has 2 aliphatic heterocycles. The van der Waals surface area contributed by atoms with Gasteiger partial charge in [-0.2, -0.15) is 0 Å². The number of fused-ring (bicyclic) bond motifs is 1. The number of nitrogens with one attached hydrogen (secondary N) is 1. The van der Waals surface area contributed by atoms with Crippen molar-refractivity contribution in [2.45, 2.75) is 17.8 Å². The average Bonchev–Trinajstić information content (AvgIpc) is 3.41. The zero-order valence-corrected chi connectivity index (χ0v) is 24.0. The largest absolute Gasteiger partial charge is 0.488 e. The van der Waals surface area contributed by atoms with Crippen LogP contribution >= 0.6 is 57.9 Å². The average molecular weight is 628 g/mol. The van der Waals surface area contributed by atoms with Crippen molar-refractivity contribution in [2.75, 3.05) is 18.9 Å². The van der Waals surface area contributed by atoms with Crippen molar-refractivity contribution in [1.29, 1.82) is 0 Å². The van der Waals surface area contributed by atoms with E-state index in [1.807, 2.05) is 17.5 Å². The quantitative estimate of drug-likeness (QED) is 0.298. The summed E-state index contributed by atoms with van der Waals surface area (Å²) in [5.41, 5.74) is -1.39. The molecule has 3 atom stereocenters. The van der Waals surface area contributed by atoms with Gasteiger partial charge in [0, 0.05) is 33.3 Å². The van der Waals surface area contributed by atoms with Crippen molar-refractivity contribution in [2.24, 2.45) is 5.41 Å². The van der Waals surface area contributed by atoms with Gasteiger partial charge < -0.3 is 24.8 Å². The Morgan fingerprint density at radius 3 is 2.51 bits per heavy atom. The second-order valence-electron chi connectivity index (χ2n) is 9.11. The lowest BCUT2D eigenvalue weighted by molar-refractivity contribution is -0.160. The van der Waals surface area contributed by atoms with Crippen molar-refractivity contribution in [3.05, 3.63) is 73.9 Å². The number of carbonyl (C=O) groups excluding carboxylic acids is 2. The zero-order valence-electron chi connectivity index (χ0n) is 20.1. The first-order chi connectivity index (χ1) is 18.6. The number of thiophene rings is 1. The maximum absolute atomic E-state index is 12.9. The van der Waals surface area contributed by atoms with E-state index in [-0.39, 0.29) is 59.0 Å². The highest BCUT2D eigenvalue weighted by Crippen LogP contribution is 2.44. The van der Waals surface area contributed by atoms with Crippen LogP contribution in [0.1, 0.15) is 4.88 Å². The van der Waals surface area contributed by atoms with E-state index >= 15 is 0 Å². The second-order valence-corrected chi connectivity index (χ2v) is 12.5. The normalized spacial score (nSPS) is 22.0. The van der Waals surface area contributed by atoms with E-state index in [4.69, 9.17) is 44.3 Å². The van der Waals surface area contributed by atoms with Gasteiger partial charge in [0.1, 0.15) is 29.2 Å². The van der Waals surface area contributed by atoms with Gasteiger partial charge in [-0.1, -0.05) is 40.9 Å². The molecule has 5 rings (SSSR count). The Balaban J connectivity index is 1.26. The van der Waals surface area contributed by atoms with E-state index in [9.17, 15) is 19.5 Å². The maximum Gasteiger partial charge on any atom is 0.315 e. The first kappa shape index (κ1) is 27.9. The first-order valence-corrected chi connectivity index (χ1v) is 14.7. The predicted octanol–water partition coefficient (Wildman–Crippen LogP) is 5.59. The molecule has 204 valence electrons. The molecule has 39 heavy (non-hydrogen) atoms. The molecule has 2 amide bonds. The first-order valence-electron chi connectivity index (χ1n) is 11.7. The summed E-state index contributed by atoms with van der Waals surface area (Å²) >= 11 is 21.1. The zero-order chi connectivity index (χ0) is 27.7. The van der Waals surface area contributed by atoms with Gasteiger partial charge in [0.2, 0.25) is 11.8 Å². The number of carboxylic acids is 1. The third-order valence-corrected chi connectivity index (χ3v) is 9.58. The molecular weight excluding hydrogens is 607 g/mol. The summed E-state index contributed by atoms with van der Waals surface area (Å²) in [7, 11) is 0. The summed E-state index contributed by atoms with van der Waals surface area (Å²) in [4.78, 5) is 40.1. The lowest BCUT2D eigenvalue weighted by Crippen LogP contribution is -2.74. The number of β-lactam (4-membered cyclic amide) rings is 1. The van der Waals surface area contributed by atoms with Gasteiger partial charge in [-0.15, -0.1) is 23.1 Å². The summed E-state index contributed by atoms with van der Waals surface area (Å²) in [6.07, 6.45) is 0.191. The number of carbonyl (C=O) groups is 3. The summed E-state index contributed by atoms with van der Waals surface area (Å²) in [6.45, 7) is -0.303. The Labute approximate surface area is 247 Å². The number of hydrogen-bond acceptors (Lipinski definition) is 7. The van der Waals surface area contributed by atoms with Gasteiger partial charge in [0.25, 0.3) is 0 Å². The molecule has 0 spiro atoms. The predicted molar refractivity (Wildman–Crippen MR) is 151 cm³/mol. The molecule has 8 nitrogen and oxygen atoms in total. The summed E-state index contributed by atoms with van der Waals surface area (Å²) < 4.78 is 11.9. The molecule has 3 aromatic rings. The Kier molecular flexibility index (Phi) is 8.21. The molecule has 13 heteroatoms. The van der Waals surface area contributed by atoms with E-state index in [1.54, 1.807) is 24.3 Å². The van der Waals surface area contributed by atoms with Crippen molar-refractivity contribution in [3.8, 4) is 17.2 Å². The SMILES string of the molecule is O=C(Cc1cccs1)NC1C(=O)N2CC(COc3cc(Cl)ccc3Oc3ccc(Cl)cc3Cl)(C(=O)O)CS[C@H]12. The van der Waals surface area contributed by atoms with Crippen LogP contribution in [0.2, 0.25) is 15.1 Å². The van der Waals surface area contributed by atoms with Crippen LogP contribution in [0.5, 0.6) is 17.2 Å². The van der Waals surface area contributed by atoms with E-state index in [1.165, 1.54) is 40.1 Å². The molecule has 2 unspecified atom stereocenters. The van der Waals surface area contributed by atoms with Gasteiger partial charge in [0.15, 0.2) is 11.5 Å². The highest BCUT2D eigenvalue weighted by atomic mass is 35.5. The Hall–Kier alpha value is -2.63. The van der Waals surface area contributed by atoms with Gasteiger partial charge in [-0.25, -0.2) is 0 Å². The number of thioether (sulfide) groups is 1. The topological polar surface area (TPSA) is 105 Å². The fourth-order valence-electron chi connectivity index (χ4n) is 4.27. The van der Waals surface area contributed by atoms with Crippen LogP contribution in [0.25, 0.3) is 0 Å². The minimum absolute atomic E-state index is 0.0596. The number of amides is 2. The standard InChI is InChI=1S/C26H21Cl3N2O6S2/c27-14-3-5-18(17(29)8-14)37-19-6-4-15(28)9-20(19)36-12-26(25(34)35)11-31-23(33)22(24(31)39-13-26)30-21(32)10-16-2-1-7-38-16/h1-9,22,24H,10-13H2,(H,30,32)(H,34,35)/t22?,24-,26?/m1/s1. The fraction of sp³-hybridized carbons (Fsp3) is 0.269. The number of rotatable bonds is 9. The molecule has 0 saturated carbocycles. The molecular formula is C26H21Cl3N2O6S2. The minimum Gasteiger partial charge on any atom is -0.488 e. The summed E-state index contributed by atoms with van der Waals surface area (Å²) in [5, 5.41) is 15.6. The molecule has 2 N–H and O–H groups in total. The van der Waals surface area contributed by atoms with Crippen molar-refractivity contribution < 1.29 is 29.0 Å². The lowest BCUT2D eigenvalue weighted by atomic mass is 9.88. The van der Waals surface area contributed by atoms with Crippen LogP contribution in [0.4, 0.5) is 0 Å². The third-order valence-electron chi connectivity index (χ3n) is 6.35. The van der Waals surface area contributed by atoms with Gasteiger partial charge in [0.05, 0.1) is 11.4 Å². The number of hydrogen-bond donors (Lipinski definition) is 2. The molecule has 0 bridgehead atoms. The summed E-state index contributed by atoms with van der Waals surface area (Å²) in [6, 6.07) is 12.5. The van der Waals surface area contributed by atoms with Crippen molar-refractivity contribution in [3.63, 3.8) is 0 Å². The number of ether oxygens (including phenoxy) is 2. The van der Waals surface area contributed by atoms with Gasteiger partial charge >= 0.3 is 5.97 Å². The van der Waals surface area contributed by atoms with Crippen LogP contribution in [-0.4, -0.2) is 58.1 Å². The number of nitrogens with zero attached hydrogens (tertiary/aromatic N) is 1. The van der Waals surface area contributed by atoms with E-state index < -0.39 is 17.4 Å². The monoisotopic (exact) mass is 626 g/mol. The Morgan fingerprint density at radius 1 is 1.08 bits per heavy atom. The fourth-order valence-corrected chi connectivity index (χ4v) is 7.11. The Bertz CT molecular complexity index is 1420. The lowest BCUT2D eigenvalue weighted by Gasteiger charge is -2.53. The van der Waals surface area contributed by atoms with Crippen LogP contribution in [0.15, 0.2) is 53.9 Å².